The molecule has 16 heteroatoms. The fraction of sp³-hybridized carbons (Fsp3) is 0.625. The van der Waals surface area contributed by atoms with Crippen LogP contribution in [0, 0.1) is 5.92 Å². The predicted octanol–water partition coefficient (Wildman–Crippen LogP) is -0.677. The number of carbonyl (C=O) groups excluding carboxylic acids is 1. The SMILES string of the molecule is CC(C)C(=O)Nc1nc2c(ncn2C2CC(OS(C)(=O)=O)C(COS(C)(=O)=O)O2)c(=O)[nH]1. The van der Waals surface area contributed by atoms with E-state index in [2.05, 4.69) is 20.3 Å². The Kier molecular flexibility index (Phi) is 6.71. The number of anilines is 1. The standard InChI is InChI=1S/C16H23N5O9S2/c1-8(2)14(22)19-16-18-13-12(15(23)20-16)17-7-21(13)11-5-9(30-32(4,26)27)10(29-11)6-28-31(3,24)25/h7-11H,5-6H2,1-4H3,(H2,18,19,20,22,23). The van der Waals surface area contributed by atoms with Gasteiger partial charge in [-0.15, -0.1) is 0 Å². The van der Waals surface area contributed by atoms with Crippen molar-refractivity contribution in [3.05, 3.63) is 16.7 Å². The molecule has 14 nitrogen and oxygen atoms in total. The third-order valence-electron chi connectivity index (χ3n) is 4.43. The molecular formula is C16H23N5O9S2. The maximum atomic E-state index is 12.4. The Morgan fingerprint density at radius 3 is 2.59 bits per heavy atom. The molecule has 3 atom stereocenters. The number of carbonyl (C=O) groups is 1. The molecule has 2 N–H and O–H groups in total. The van der Waals surface area contributed by atoms with E-state index in [9.17, 15) is 26.4 Å². The maximum absolute atomic E-state index is 12.4. The van der Waals surface area contributed by atoms with E-state index < -0.39 is 50.8 Å². The molecule has 0 spiro atoms. The molecule has 0 radical (unpaired) electrons. The maximum Gasteiger partial charge on any atom is 0.280 e. The third-order valence-corrected chi connectivity index (χ3v) is 5.59. The van der Waals surface area contributed by atoms with Gasteiger partial charge in [-0.25, -0.2) is 4.98 Å². The van der Waals surface area contributed by atoms with Gasteiger partial charge >= 0.3 is 0 Å². The summed E-state index contributed by atoms with van der Waals surface area (Å²) in [6.45, 7) is 2.86. The summed E-state index contributed by atoms with van der Waals surface area (Å²) in [4.78, 5) is 35.0. The highest BCUT2D eigenvalue weighted by Gasteiger charge is 2.40. The molecule has 32 heavy (non-hydrogen) atoms. The van der Waals surface area contributed by atoms with Crippen molar-refractivity contribution in [3.8, 4) is 0 Å². The molecule has 0 saturated carbocycles. The first-order valence-corrected chi connectivity index (χ1v) is 13.0. The fourth-order valence-corrected chi connectivity index (χ4v) is 4.03. The van der Waals surface area contributed by atoms with Crippen molar-refractivity contribution in [3.63, 3.8) is 0 Å². The molecule has 1 fully saturated rings. The van der Waals surface area contributed by atoms with Crippen molar-refractivity contribution in [1.82, 2.24) is 19.5 Å². The van der Waals surface area contributed by atoms with Crippen LogP contribution in [0.5, 0.6) is 0 Å². The molecular weight excluding hydrogens is 470 g/mol. The van der Waals surface area contributed by atoms with Gasteiger partial charge in [0.05, 0.1) is 25.4 Å². The van der Waals surface area contributed by atoms with E-state index in [1.807, 2.05) is 0 Å². The molecule has 1 aliphatic heterocycles. The van der Waals surface area contributed by atoms with Crippen LogP contribution in [0.1, 0.15) is 26.5 Å². The molecule has 3 rings (SSSR count). The zero-order chi connectivity index (χ0) is 23.8. The van der Waals surface area contributed by atoms with Crippen LogP contribution >= 0.6 is 0 Å². The molecule has 0 bridgehead atoms. The number of nitrogens with zero attached hydrogens (tertiary/aromatic N) is 3. The van der Waals surface area contributed by atoms with E-state index in [0.717, 1.165) is 12.5 Å². The van der Waals surface area contributed by atoms with Crippen LogP contribution in [0.3, 0.4) is 0 Å². The van der Waals surface area contributed by atoms with Crippen LogP contribution in [0.4, 0.5) is 5.95 Å². The number of H-pyrrole nitrogens is 1. The van der Waals surface area contributed by atoms with Gasteiger partial charge in [0.15, 0.2) is 11.2 Å². The first-order valence-electron chi connectivity index (χ1n) is 9.39. The minimum Gasteiger partial charge on any atom is -0.349 e. The first kappa shape index (κ1) is 24.2. The van der Waals surface area contributed by atoms with Gasteiger partial charge < -0.3 is 4.74 Å². The number of nitrogens with one attached hydrogen (secondary N) is 2. The van der Waals surface area contributed by atoms with Crippen LogP contribution < -0.4 is 10.9 Å². The third kappa shape index (κ3) is 5.89. The molecule has 2 aromatic rings. The molecule has 1 amide bonds. The summed E-state index contributed by atoms with van der Waals surface area (Å²) >= 11 is 0. The van der Waals surface area contributed by atoms with Gasteiger partial charge in [0, 0.05) is 12.3 Å². The second kappa shape index (κ2) is 8.86. The summed E-state index contributed by atoms with van der Waals surface area (Å²) < 4.78 is 62.9. The van der Waals surface area contributed by atoms with E-state index in [1.54, 1.807) is 13.8 Å². The number of ether oxygens (including phenoxy) is 1. The molecule has 3 unspecified atom stereocenters. The number of hydrogen-bond donors (Lipinski definition) is 2. The lowest BCUT2D eigenvalue weighted by Gasteiger charge is -2.17. The van der Waals surface area contributed by atoms with Crippen LogP contribution in [-0.4, -0.2) is 73.6 Å². The van der Waals surface area contributed by atoms with Crippen molar-refractivity contribution in [2.24, 2.45) is 5.92 Å². The average Bonchev–Trinajstić information content (AvgIpc) is 3.22. The molecule has 2 aromatic heterocycles. The Balaban J connectivity index is 1.93. The second-order valence-electron chi connectivity index (χ2n) is 7.57. The lowest BCUT2D eigenvalue weighted by molar-refractivity contribution is -0.118. The number of fused-ring (bicyclic) bond motifs is 1. The highest BCUT2D eigenvalue weighted by Crippen LogP contribution is 2.33. The Labute approximate surface area is 183 Å². The lowest BCUT2D eigenvalue weighted by Crippen LogP contribution is -2.31. The van der Waals surface area contributed by atoms with Crippen LogP contribution in [-0.2, 0) is 38.1 Å². The smallest absolute Gasteiger partial charge is 0.280 e. The Bertz CT molecular complexity index is 1280. The van der Waals surface area contributed by atoms with Crippen molar-refractivity contribution in [2.45, 2.75) is 38.7 Å². The Hall–Kier alpha value is -2.40. The molecule has 178 valence electrons. The quantitative estimate of drug-likeness (QED) is 0.443. The Morgan fingerprint density at radius 1 is 1.31 bits per heavy atom. The van der Waals surface area contributed by atoms with Crippen molar-refractivity contribution in [1.29, 1.82) is 0 Å². The lowest BCUT2D eigenvalue weighted by atomic mass is 10.2. The topological polar surface area (TPSA) is 189 Å². The van der Waals surface area contributed by atoms with Gasteiger partial charge in [-0.3, -0.25) is 32.8 Å². The average molecular weight is 494 g/mol. The van der Waals surface area contributed by atoms with Crippen molar-refractivity contribution >= 4 is 43.3 Å². The molecule has 3 heterocycles. The summed E-state index contributed by atoms with van der Waals surface area (Å²) in [7, 11) is -7.71. The number of imidazole rings is 1. The highest BCUT2D eigenvalue weighted by atomic mass is 32.2. The van der Waals surface area contributed by atoms with Crippen molar-refractivity contribution in [2.75, 3.05) is 24.4 Å². The number of amides is 1. The largest absolute Gasteiger partial charge is 0.349 e. The van der Waals surface area contributed by atoms with Gasteiger partial charge in [-0.2, -0.15) is 21.8 Å². The monoisotopic (exact) mass is 493 g/mol. The Morgan fingerprint density at radius 2 is 2.00 bits per heavy atom. The predicted molar refractivity (Wildman–Crippen MR) is 111 cm³/mol. The summed E-state index contributed by atoms with van der Waals surface area (Å²) in [5.41, 5.74) is -0.570. The number of aromatic nitrogens is 4. The van der Waals surface area contributed by atoms with Crippen LogP contribution in [0.25, 0.3) is 11.2 Å². The highest BCUT2D eigenvalue weighted by molar-refractivity contribution is 7.86. The van der Waals surface area contributed by atoms with Crippen LogP contribution in [0.2, 0.25) is 0 Å². The van der Waals surface area contributed by atoms with Gasteiger partial charge in [-0.05, 0) is 0 Å². The summed E-state index contributed by atoms with van der Waals surface area (Å²) in [5, 5.41) is 2.49. The normalized spacial score (nSPS) is 22.0. The minimum atomic E-state index is -3.89. The van der Waals surface area contributed by atoms with E-state index >= 15 is 0 Å². The van der Waals surface area contributed by atoms with E-state index in [-0.39, 0.29) is 35.4 Å². The summed E-state index contributed by atoms with van der Waals surface area (Å²) in [5.74, 6) is -0.819. The summed E-state index contributed by atoms with van der Waals surface area (Å²) in [6.07, 6.45) is -0.0744. The van der Waals surface area contributed by atoms with Crippen molar-refractivity contribution < 1.29 is 34.7 Å². The van der Waals surface area contributed by atoms with E-state index in [1.165, 1.54) is 10.9 Å². The molecule has 1 saturated heterocycles. The van der Waals surface area contributed by atoms with Crippen LogP contribution in [0.15, 0.2) is 11.1 Å². The van der Waals surface area contributed by atoms with E-state index in [4.69, 9.17) is 13.1 Å². The number of rotatable bonds is 8. The van der Waals surface area contributed by atoms with Gasteiger partial charge in [0.25, 0.3) is 25.8 Å². The van der Waals surface area contributed by atoms with E-state index in [0.29, 0.717) is 0 Å². The number of hydrogen-bond acceptors (Lipinski definition) is 11. The van der Waals surface area contributed by atoms with Gasteiger partial charge in [0.1, 0.15) is 18.4 Å². The zero-order valence-corrected chi connectivity index (χ0v) is 19.3. The fourth-order valence-electron chi connectivity index (χ4n) is 2.99. The van der Waals surface area contributed by atoms with Gasteiger partial charge in [0.2, 0.25) is 11.9 Å². The molecule has 1 aliphatic rings. The van der Waals surface area contributed by atoms with Gasteiger partial charge in [-0.1, -0.05) is 13.8 Å². The zero-order valence-electron chi connectivity index (χ0n) is 17.6. The molecule has 0 aromatic carbocycles. The first-order chi connectivity index (χ1) is 14.7. The minimum absolute atomic E-state index is 0.0293. The molecule has 0 aliphatic carbocycles. The number of aromatic amines is 1. The second-order valence-corrected chi connectivity index (χ2v) is 10.8. The summed E-state index contributed by atoms with van der Waals surface area (Å²) in [6, 6.07) is 0.